The Morgan fingerprint density at radius 3 is 2.76 bits per heavy atom. The Balaban J connectivity index is 1.80. The van der Waals surface area contributed by atoms with Crippen LogP contribution in [0.4, 0.5) is 13.9 Å². The predicted octanol–water partition coefficient (Wildman–Crippen LogP) is 1.57. The molecule has 0 unspecified atom stereocenters. The van der Waals surface area contributed by atoms with Gasteiger partial charge >= 0.3 is 0 Å². The fourth-order valence-electron chi connectivity index (χ4n) is 1.47. The Hall–Kier alpha value is -2.42. The highest BCUT2D eigenvalue weighted by Gasteiger charge is 2.12. The number of nitrogens with zero attached hydrogens (tertiary/aromatic N) is 2. The number of hydrogen-bond donors (Lipinski definition) is 2. The molecule has 1 aromatic carbocycles. The summed E-state index contributed by atoms with van der Waals surface area (Å²) < 4.78 is 26.1. The van der Waals surface area contributed by atoms with E-state index in [-0.39, 0.29) is 24.4 Å². The van der Waals surface area contributed by atoms with Gasteiger partial charge in [-0.1, -0.05) is 11.3 Å². The molecule has 110 valence electrons. The minimum absolute atomic E-state index is 0.00582. The van der Waals surface area contributed by atoms with Crippen LogP contribution in [0.15, 0.2) is 23.7 Å². The minimum atomic E-state index is -0.953. The van der Waals surface area contributed by atoms with E-state index in [1.54, 1.807) is 0 Å². The van der Waals surface area contributed by atoms with E-state index in [1.807, 2.05) is 0 Å². The Kier molecular flexibility index (Phi) is 4.88. The van der Waals surface area contributed by atoms with Gasteiger partial charge in [0, 0.05) is 19.0 Å². The third kappa shape index (κ3) is 4.28. The molecule has 0 aliphatic heterocycles. The molecule has 2 amide bonds. The van der Waals surface area contributed by atoms with E-state index in [2.05, 4.69) is 20.8 Å². The molecule has 0 saturated carbocycles. The van der Waals surface area contributed by atoms with Crippen LogP contribution in [0.25, 0.3) is 0 Å². The van der Waals surface area contributed by atoms with E-state index >= 15 is 0 Å². The zero-order chi connectivity index (χ0) is 15.2. The number of rotatable bonds is 5. The maximum atomic E-state index is 13.3. The average Bonchev–Trinajstić information content (AvgIpc) is 2.91. The minimum Gasteiger partial charge on any atom is -0.351 e. The molecule has 2 aromatic rings. The van der Waals surface area contributed by atoms with Crippen LogP contribution in [-0.4, -0.2) is 28.6 Å². The largest absolute Gasteiger partial charge is 0.351 e. The predicted molar refractivity (Wildman–Crippen MR) is 71.8 cm³/mol. The first-order valence-corrected chi connectivity index (χ1v) is 6.73. The summed E-state index contributed by atoms with van der Waals surface area (Å²) in [7, 11) is 0. The van der Waals surface area contributed by atoms with Crippen LogP contribution < -0.4 is 10.6 Å². The van der Waals surface area contributed by atoms with E-state index in [4.69, 9.17) is 0 Å². The van der Waals surface area contributed by atoms with Crippen molar-refractivity contribution >= 4 is 28.3 Å². The van der Waals surface area contributed by atoms with Gasteiger partial charge in [0.25, 0.3) is 5.91 Å². The molecule has 0 atom stereocenters. The molecular weight excluding hydrogens is 302 g/mol. The van der Waals surface area contributed by atoms with E-state index in [0.29, 0.717) is 11.2 Å². The van der Waals surface area contributed by atoms with E-state index in [1.165, 1.54) is 5.51 Å². The fraction of sp³-hybridized carbons (Fsp3) is 0.167. The summed E-state index contributed by atoms with van der Waals surface area (Å²) in [5.41, 5.74) is 1.19. The van der Waals surface area contributed by atoms with Gasteiger partial charge < -0.3 is 10.6 Å². The van der Waals surface area contributed by atoms with E-state index in [9.17, 15) is 18.4 Å². The van der Waals surface area contributed by atoms with Crippen molar-refractivity contribution in [1.29, 1.82) is 0 Å². The number of carbonyl (C=O) groups is 2. The Bertz CT molecular complexity index is 649. The lowest BCUT2D eigenvalue weighted by Crippen LogP contribution is -2.28. The van der Waals surface area contributed by atoms with Gasteiger partial charge in [0.15, 0.2) is 0 Å². The van der Waals surface area contributed by atoms with Crippen LogP contribution in [-0.2, 0) is 4.79 Å². The molecular formula is C12H10F2N4O2S. The fourth-order valence-corrected chi connectivity index (χ4v) is 1.93. The first-order valence-electron chi connectivity index (χ1n) is 5.85. The van der Waals surface area contributed by atoms with Gasteiger partial charge in [-0.3, -0.25) is 9.59 Å². The van der Waals surface area contributed by atoms with Crippen molar-refractivity contribution in [1.82, 2.24) is 15.5 Å². The monoisotopic (exact) mass is 312 g/mol. The highest BCUT2D eigenvalue weighted by molar-refractivity contribution is 7.13. The average molecular weight is 312 g/mol. The Labute approximate surface area is 122 Å². The summed E-state index contributed by atoms with van der Waals surface area (Å²) in [4.78, 5) is 23.1. The number of amides is 2. The van der Waals surface area contributed by atoms with Gasteiger partial charge in [-0.25, -0.2) is 8.78 Å². The van der Waals surface area contributed by atoms with E-state index < -0.39 is 17.5 Å². The molecule has 2 rings (SSSR count). The number of anilines is 1. The van der Waals surface area contributed by atoms with Gasteiger partial charge in [-0.05, 0) is 12.1 Å². The summed E-state index contributed by atoms with van der Waals surface area (Å²) in [6.45, 7) is 0.0142. The van der Waals surface area contributed by atoms with Crippen LogP contribution >= 0.6 is 11.3 Å². The second-order valence-corrected chi connectivity index (χ2v) is 4.76. The summed E-state index contributed by atoms with van der Waals surface area (Å²) >= 11 is 1.16. The number of halogens is 2. The first-order chi connectivity index (χ1) is 10.1. The van der Waals surface area contributed by atoms with Crippen LogP contribution in [0.2, 0.25) is 0 Å². The van der Waals surface area contributed by atoms with Crippen molar-refractivity contribution in [3.8, 4) is 0 Å². The van der Waals surface area contributed by atoms with Crippen LogP contribution in [0.5, 0.6) is 0 Å². The number of benzene rings is 1. The van der Waals surface area contributed by atoms with Gasteiger partial charge in [-0.2, -0.15) is 0 Å². The normalized spacial score (nSPS) is 10.2. The second-order valence-electron chi connectivity index (χ2n) is 3.92. The van der Waals surface area contributed by atoms with Gasteiger partial charge in [0.1, 0.15) is 17.1 Å². The highest BCUT2D eigenvalue weighted by atomic mass is 32.1. The van der Waals surface area contributed by atoms with Gasteiger partial charge in [0.2, 0.25) is 11.0 Å². The second kappa shape index (κ2) is 6.84. The van der Waals surface area contributed by atoms with Crippen molar-refractivity contribution in [3.05, 3.63) is 40.9 Å². The maximum Gasteiger partial charge on any atom is 0.254 e. The molecule has 0 bridgehead atoms. The maximum absolute atomic E-state index is 13.3. The molecule has 0 aliphatic rings. The third-order valence-electron chi connectivity index (χ3n) is 2.42. The van der Waals surface area contributed by atoms with Crippen molar-refractivity contribution < 1.29 is 18.4 Å². The molecule has 0 fully saturated rings. The van der Waals surface area contributed by atoms with Crippen LogP contribution in [0, 0.1) is 11.6 Å². The summed E-state index contributed by atoms with van der Waals surface area (Å²) in [6, 6.07) is 2.65. The van der Waals surface area contributed by atoms with Crippen molar-refractivity contribution in [2.24, 2.45) is 0 Å². The first kappa shape index (κ1) is 15.0. The zero-order valence-electron chi connectivity index (χ0n) is 10.6. The summed E-state index contributed by atoms with van der Waals surface area (Å²) in [5.74, 6) is -2.78. The van der Waals surface area contributed by atoms with E-state index in [0.717, 1.165) is 23.5 Å². The molecule has 0 saturated heterocycles. The van der Waals surface area contributed by atoms with Gasteiger partial charge in [0.05, 0.1) is 5.56 Å². The standard InChI is InChI=1S/C12H10F2N4O2S/c13-7-1-2-8(9(14)5-7)11(20)15-4-3-10(19)17-12-18-16-6-21-12/h1-2,5-6H,3-4H2,(H,15,20)(H,17,18,19). The van der Waals surface area contributed by atoms with Crippen molar-refractivity contribution in [2.45, 2.75) is 6.42 Å². The number of aromatic nitrogens is 2. The molecule has 21 heavy (non-hydrogen) atoms. The van der Waals surface area contributed by atoms with Gasteiger partial charge in [-0.15, -0.1) is 10.2 Å². The Morgan fingerprint density at radius 1 is 1.29 bits per heavy atom. The lowest BCUT2D eigenvalue weighted by Gasteiger charge is -2.06. The molecule has 0 radical (unpaired) electrons. The lowest BCUT2D eigenvalue weighted by molar-refractivity contribution is -0.116. The number of nitrogens with one attached hydrogen (secondary N) is 2. The molecule has 2 N–H and O–H groups in total. The SMILES string of the molecule is O=C(CCNC(=O)c1ccc(F)cc1F)Nc1nncs1. The number of hydrogen-bond acceptors (Lipinski definition) is 5. The molecule has 0 spiro atoms. The molecule has 1 heterocycles. The van der Waals surface area contributed by atoms with Crippen LogP contribution in [0.1, 0.15) is 16.8 Å². The third-order valence-corrected chi connectivity index (χ3v) is 3.03. The van der Waals surface area contributed by atoms with Crippen LogP contribution in [0.3, 0.4) is 0 Å². The smallest absolute Gasteiger partial charge is 0.254 e. The molecule has 6 nitrogen and oxygen atoms in total. The van der Waals surface area contributed by atoms with Crippen molar-refractivity contribution in [3.63, 3.8) is 0 Å². The topological polar surface area (TPSA) is 84.0 Å². The highest BCUT2D eigenvalue weighted by Crippen LogP contribution is 2.10. The summed E-state index contributed by atoms with van der Waals surface area (Å²) in [5, 5.41) is 12.4. The Morgan fingerprint density at radius 2 is 2.10 bits per heavy atom. The molecule has 1 aromatic heterocycles. The van der Waals surface area contributed by atoms with Crippen molar-refractivity contribution in [2.75, 3.05) is 11.9 Å². The zero-order valence-corrected chi connectivity index (χ0v) is 11.4. The summed E-state index contributed by atoms with van der Waals surface area (Å²) in [6.07, 6.45) is -0.00582. The quantitative estimate of drug-likeness (QED) is 0.878. The molecule has 0 aliphatic carbocycles. The lowest BCUT2D eigenvalue weighted by atomic mass is 10.2. The number of carbonyl (C=O) groups excluding carboxylic acids is 2. The molecule has 9 heteroatoms.